The molecule has 0 radical (unpaired) electrons. The number of nitrogens with zero attached hydrogens (tertiary/aromatic N) is 1. The van der Waals surface area contributed by atoms with Crippen LogP contribution in [0.4, 0.5) is 4.79 Å². The van der Waals surface area contributed by atoms with E-state index < -0.39 is 0 Å². The number of rotatable bonds is 5. The second kappa shape index (κ2) is 5.92. The summed E-state index contributed by atoms with van der Waals surface area (Å²) in [4.78, 5) is 14.1. The lowest BCUT2D eigenvalue weighted by atomic mass is 9.86. The fourth-order valence-electron chi connectivity index (χ4n) is 3.62. The average molecular weight is 280 g/mol. The van der Waals surface area contributed by atoms with Gasteiger partial charge in [-0.25, -0.2) is 4.79 Å². The summed E-state index contributed by atoms with van der Waals surface area (Å²) in [5.74, 6) is 1.74. The van der Waals surface area contributed by atoms with Crippen molar-refractivity contribution in [3.05, 3.63) is 0 Å². The van der Waals surface area contributed by atoms with Gasteiger partial charge >= 0.3 is 6.03 Å². The van der Waals surface area contributed by atoms with Crippen LogP contribution in [0.3, 0.4) is 0 Å². The van der Waals surface area contributed by atoms with Crippen LogP contribution in [0.5, 0.6) is 0 Å². The van der Waals surface area contributed by atoms with Crippen LogP contribution in [0, 0.1) is 17.8 Å². The molecule has 0 saturated heterocycles. The van der Waals surface area contributed by atoms with Gasteiger partial charge in [0.05, 0.1) is 6.10 Å². The third-order valence-corrected chi connectivity index (χ3v) is 5.27. The van der Waals surface area contributed by atoms with Crippen LogP contribution in [-0.2, 0) is 0 Å². The maximum absolute atomic E-state index is 12.3. The van der Waals surface area contributed by atoms with Crippen molar-refractivity contribution >= 4 is 6.03 Å². The molecule has 0 heterocycles. The Morgan fingerprint density at radius 2 is 1.75 bits per heavy atom. The van der Waals surface area contributed by atoms with Crippen molar-refractivity contribution in [2.24, 2.45) is 17.8 Å². The predicted molar refractivity (Wildman–Crippen MR) is 78.4 cm³/mol. The van der Waals surface area contributed by atoms with E-state index in [9.17, 15) is 9.90 Å². The zero-order valence-electron chi connectivity index (χ0n) is 12.6. The number of hydrogen-bond donors (Lipinski definition) is 2. The van der Waals surface area contributed by atoms with Crippen LogP contribution in [0.15, 0.2) is 0 Å². The van der Waals surface area contributed by atoms with Crippen molar-refractivity contribution in [1.82, 2.24) is 10.2 Å². The van der Waals surface area contributed by atoms with Gasteiger partial charge in [-0.3, -0.25) is 0 Å². The van der Waals surface area contributed by atoms with Gasteiger partial charge in [-0.2, -0.15) is 0 Å². The third kappa shape index (κ3) is 3.46. The van der Waals surface area contributed by atoms with Gasteiger partial charge in [0.2, 0.25) is 0 Å². The van der Waals surface area contributed by atoms with Crippen LogP contribution in [-0.4, -0.2) is 41.8 Å². The highest BCUT2D eigenvalue weighted by Gasteiger charge is 2.42. The molecule has 2 amide bonds. The Kier molecular flexibility index (Phi) is 4.20. The molecular weight excluding hydrogens is 252 g/mol. The van der Waals surface area contributed by atoms with E-state index in [0.717, 1.165) is 31.1 Å². The van der Waals surface area contributed by atoms with E-state index in [1.807, 2.05) is 7.05 Å². The molecule has 114 valence electrons. The highest BCUT2D eigenvalue weighted by molar-refractivity contribution is 5.74. The molecule has 2 N–H and O–H groups in total. The Morgan fingerprint density at radius 3 is 2.30 bits per heavy atom. The molecule has 2 atom stereocenters. The van der Waals surface area contributed by atoms with E-state index >= 15 is 0 Å². The standard InChI is InChI=1S/C16H28N2O2/c1-18(10-13-4-2-3-5-14(13)19)16(20)17-15(11-6-7-11)12-8-9-12/h11-15,19H,2-10H2,1H3,(H,17,20). The number of carbonyl (C=O) groups is 1. The summed E-state index contributed by atoms with van der Waals surface area (Å²) in [6, 6.07) is 0.479. The van der Waals surface area contributed by atoms with Gasteiger partial charge in [0.25, 0.3) is 0 Å². The minimum Gasteiger partial charge on any atom is -0.393 e. The molecule has 3 aliphatic carbocycles. The van der Waals surface area contributed by atoms with Gasteiger partial charge < -0.3 is 15.3 Å². The van der Waals surface area contributed by atoms with E-state index in [4.69, 9.17) is 0 Å². The quantitative estimate of drug-likeness (QED) is 0.812. The van der Waals surface area contributed by atoms with Crippen LogP contribution in [0.2, 0.25) is 0 Å². The summed E-state index contributed by atoms with van der Waals surface area (Å²) in [6.45, 7) is 0.690. The minimum absolute atomic E-state index is 0.0616. The van der Waals surface area contributed by atoms with E-state index in [1.54, 1.807) is 4.90 Å². The molecule has 3 aliphatic rings. The molecule has 3 saturated carbocycles. The SMILES string of the molecule is CN(CC1CCCCC1O)C(=O)NC(C1CC1)C1CC1. The van der Waals surface area contributed by atoms with Crippen LogP contribution >= 0.6 is 0 Å². The highest BCUT2D eigenvalue weighted by atomic mass is 16.3. The van der Waals surface area contributed by atoms with Crippen molar-refractivity contribution in [2.75, 3.05) is 13.6 Å². The molecule has 0 spiro atoms. The van der Waals surface area contributed by atoms with Crippen LogP contribution in [0.25, 0.3) is 0 Å². The normalized spacial score (nSPS) is 30.4. The number of aliphatic hydroxyl groups excluding tert-OH is 1. The molecule has 0 aromatic heterocycles. The van der Waals surface area contributed by atoms with Gasteiger partial charge in [0.15, 0.2) is 0 Å². The molecule has 4 heteroatoms. The monoisotopic (exact) mass is 280 g/mol. The number of aliphatic hydroxyl groups is 1. The van der Waals surface area contributed by atoms with Gasteiger partial charge in [-0.15, -0.1) is 0 Å². The topological polar surface area (TPSA) is 52.6 Å². The molecule has 3 fully saturated rings. The summed E-state index contributed by atoms with van der Waals surface area (Å²) in [6.07, 6.45) is 9.17. The smallest absolute Gasteiger partial charge is 0.317 e. The first-order valence-corrected chi connectivity index (χ1v) is 8.35. The zero-order chi connectivity index (χ0) is 14.1. The summed E-state index contributed by atoms with van der Waals surface area (Å²) in [5.41, 5.74) is 0. The number of carbonyl (C=O) groups excluding carboxylic acids is 1. The van der Waals surface area contributed by atoms with E-state index in [-0.39, 0.29) is 18.1 Å². The lowest BCUT2D eigenvalue weighted by Crippen LogP contribution is -2.47. The Morgan fingerprint density at radius 1 is 1.15 bits per heavy atom. The summed E-state index contributed by atoms with van der Waals surface area (Å²) in [7, 11) is 1.87. The van der Waals surface area contributed by atoms with E-state index in [2.05, 4.69) is 5.32 Å². The highest BCUT2D eigenvalue weighted by Crippen LogP contribution is 2.44. The second-order valence-corrected chi connectivity index (χ2v) is 7.14. The van der Waals surface area contributed by atoms with Gasteiger partial charge in [0.1, 0.15) is 0 Å². The first-order chi connectivity index (χ1) is 9.65. The molecule has 0 aromatic carbocycles. The zero-order valence-corrected chi connectivity index (χ0v) is 12.6. The van der Waals surface area contributed by atoms with Crippen molar-refractivity contribution in [1.29, 1.82) is 0 Å². The lowest BCUT2D eigenvalue weighted by molar-refractivity contribution is 0.0561. The Hall–Kier alpha value is -0.770. The van der Waals surface area contributed by atoms with Gasteiger partial charge in [0, 0.05) is 25.6 Å². The summed E-state index contributed by atoms with van der Waals surface area (Å²) < 4.78 is 0. The molecular formula is C16H28N2O2. The molecule has 20 heavy (non-hydrogen) atoms. The largest absolute Gasteiger partial charge is 0.393 e. The fourth-order valence-corrected chi connectivity index (χ4v) is 3.62. The first kappa shape index (κ1) is 14.2. The first-order valence-electron chi connectivity index (χ1n) is 8.35. The maximum Gasteiger partial charge on any atom is 0.317 e. The van der Waals surface area contributed by atoms with Gasteiger partial charge in [-0.05, 0) is 50.4 Å². The molecule has 0 aliphatic heterocycles. The molecule has 0 bridgehead atoms. The van der Waals surface area contributed by atoms with Crippen LogP contribution in [0.1, 0.15) is 51.4 Å². The molecule has 3 rings (SSSR count). The van der Waals surface area contributed by atoms with Crippen molar-refractivity contribution in [3.63, 3.8) is 0 Å². The van der Waals surface area contributed by atoms with Crippen molar-refractivity contribution in [2.45, 2.75) is 63.5 Å². The number of urea groups is 1. The Labute approximate surface area is 121 Å². The van der Waals surface area contributed by atoms with E-state index in [1.165, 1.54) is 32.1 Å². The second-order valence-electron chi connectivity index (χ2n) is 7.14. The van der Waals surface area contributed by atoms with Gasteiger partial charge in [-0.1, -0.05) is 12.8 Å². The van der Waals surface area contributed by atoms with Crippen molar-refractivity contribution in [3.8, 4) is 0 Å². The number of hydrogen-bond acceptors (Lipinski definition) is 2. The Bertz CT molecular complexity index is 340. The lowest BCUT2D eigenvalue weighted by Gasteiger charge is -2.32. The van der Waals surface area contributed by atoms with E-state index in [0.29, 0.717) is 12.6 Å². The summed E-state index contributed by atoms with van der Waals surface area (Å²) in [5, 5.41) is 13.3. The average Bonchev–Trinajstić information content (AvgIpc) is 3.29. The number of amides is 2. The molecule has 0 aromatic rings. The molecule has 2 unspecified atom stereocenters. The predicted octanol–water partition coefficient (Wildman–Crippen LogP) is 2.37. The number of nitrogens with one attached hydrogen (secondary N) is 1. The molecule has 4 nitrogen and oxygen atoms in total. The van der Waals surface area contributed by atoms with Crippen molar-refractivity contribution < 1.29 is 9.90 Å². The Balaban J connectivity index is 1.48. The minimum atomic E-state index is -0.221. The summed E-state index contributed by atoms with van der Waals surface area (Å²) >= 11 is 0. The maximum atomic E-state index is 12.3. The third-order valence-electron chi connectivity index (χ3n) is 5.27. The van der Waals surface area contributed by atoms with Crippen LogP contribution < -0.4 is 5.32 Å². The fraction of sp³-hybridized carbons (Fsp3) is 0.938.